The van der Waals surface area contributed by atoms with Crippen molar-refractivity contribution in [2.75, 3.05) is 11.1 Å². The predicted molar refractivity (Wildman–Crippen MR) is 65.8 cm³/mol. The molecule has 0 amide bonds. The first-order valence-electron chi connectivity index (χ1n) is 5.69. The van der Waals surface area contributed by atoms with Gasteiger partial charge in [0, 0.05) is 11.6 Å². The molecule has 1 aliphatic carbocycles. The number of rotatable bonds is 3. The summed E-state index contributed by atoms with van der Waals surface area (Å²) in [5, 5.41) is 13.9. The number of pyridine rings is 1. The van der Waals surface area contributed by atoms with Gasteiger partial charge in [-0.25, -0.2) is 4.98 Å². The largest absolute Gasteiger partial charge is 0.378 e. The van der Waals surface area contributed by atoms with Crippen molar-refractivity contribution in [2.24, 2.45) is 0 Å². The molecule has 0 radical (unpaired) electrons. The molecule has 6 nitrogen and oxygen atoms in total. The van der Waals surface area contributed by atoms with Crippen LogP contribution in [-0.4, -0.2) is 15.4 Å². The minimum Gasteiger partial charge on any atom is -0.378 e. The van der Waals surface area contributed by atoms with E-state index in [0.29, 0.717) is 5.82 Å². The second kappa shape index (κ2) is 4.20. The molecule has 1 aromatic heterocycles. The molecular weight excluding hydrogens is 220 g/mol. The summed E-state index contributed by atoms with van der Waals surface area (Å²) in [5.41, 5.74) is 5.44. The third kappa shape index (κ3) is 2.46. The van der Waals surface area contributed by atoms with Gasteiger partial charge in [-0.2, -0.15) is 0 Å². The number of nitrogens with one attached hydrogen (secondary N) is 1. The van der Waals surface area contributed by atoms with Crippen molar-refractivity contribution >= 4 is 17.3 Å². The van der Waals surface area contributed by atoms with Crippen LogP contribution in [0.2, 0.25) is 0 Å². The summed E-state index contributed by atoms with van der Waals surface area (Å²) in [6.45, 7) is 2.14. The summed E-state index contributed by atoms with van der Waals surface area (Å²) in [6.07, 6.45) is 4.58. The molecule has 0 saturated heterocycles. The highest BCUT2D eigenvalue weighted by Gasteiger charge is 2.29. The first-order valence-corrected chi connectivity index (χ1v) is 5.69. The van der Waals surface area contributed by atoms with Crippen LogP contribution in [0.15, 0.2) is 12.1 Å². The fraction of sp³-hybridized carbons (Fsp3) is 0.545. The molecule has 0 bridgehead atoms. The SMILES string of the molecule is CC1(Nc2ccc([N+](=O)[O-])c(N)n2)CCCC1. The average molecular weight is 236 g/mol. The maximum atomic E-state index is 10.6. The summed E-state index contributed by atoms with van der Waals surface area (Å²) in [4.78, 5) is 14.1. The zero-order chi connectivity index (χ0) is 12.5. The van der Waals surface area contributed by atoms with Gasteiger partial charge < -0.3 is 11.1 Å². The molecule has 1 heterocycles. The van der Waals surface area contributed by atoms with E-state index in [2.05, 4.69) is 17.2 Å². The Morgan fingerprint density at radius 3 is 2.65 bits per heavy atom. The maximum absolute atomic E-state index is 10.6. The fourth-order valence-corrected chi connectivity index (χ4v) is 2.28. The lowest BCUT2D eigenvalue weighted by atomic mass is 10.0. The van der Waals surface area contributed by atoms with E-state index in [9.17, 15) is 10.1 Å². The molecule has 92 valence electrons. The Hall–Kier alpha value is -1.85. The van der Waals surface area contributed by atoms with Crippen molar-refractivity contribution in [3.63, 3.8) is 0 Å². The summed E-state index contributed by atoms with van der Waals surface area (Å²) >= 11 is 0. The maximum Gasteiger partial charge on any atom is 0.311 e. The Labute approximate surface area is 99.4 Å². The highest BCUT2D eigenvalue weighted by atomic mass is 16.6. The van der Waals surface area contributed by atoms with E-state index in [4.69, 9.17) is 5.73 Å². The monoisotopic (exact) mass is 236 g/mol. The van der Waals surface area contributed by atoms with Crippen LogP contribution in [0.25, 0.3) is 0 Å². The van der Waals surface area contributed by atoms with Crippen LogP contribution >= 0.6 is 0 Å². The fourth-order valence-electron chi connectivity index (χ4n) is 2.28. The number of nitrogens with two attached hydrogens (primary N) is 1. The van der Waals surface area contributed by atoms with E-state index in [1.165, 1.54) is 18.9 Å². The topological polar surface area (TPSA) is 94.1 Å². The second-order valence-electron chi connectivity index (χ2n) is 4.75. The molecule has 3 N–H and O–H groups in total. The molecule has 17 heavy (non-hydrogen) atoms. The van der Waals surface area contributed by atoms with Gasteiger partial charge >= 0.3 is 5.69 Å². The summed E-state index contributed by atoms with van der Waals surface area (Å²) in [6, 6.07) is 3.00. The minimum absolute atomic E-state index is 0.0373. The summed E-state index contributed by atoms with van der Waals surface area (Å²) in [7, 11) is 0. The molecule has 0 atom stereocenters. The van der Waals surface area contributed by atoms with Crippen LogP contribution in [0.4, 0.5) is 17.3 Å². The summed E-state index contributed by atoms with van der Waals surface area (Å²) in [5.74, 6) is 0.569. The number of nitro groups is 1. The van der Waals surface area contributed by atoms with Crippen molar-refractivity contribution in [3.8, 4) is 0 Å². The number of hydrogen-bond acceptors (Lipinski definition) is 5. The van der Waals surface area contributed by atoms with E-state index < -0.39 is 4.92 Å². The first-order chi connectivity index (χ1) is 8.00. The highest BCUT2D eigenvalue weighted by Crippen LogP contribution is 2.32. The molecule has 0 spiro atoms. The number of hydrogen-bond donors (Lipinski definition) is 2. The average Bonchev–Trinajstić information content (AvgIpc) is 2.64. The van der Waals surface area contributed by atoms with Crippen LogP contribution in [0.5, 0.6) is 0 Å². The third-order valence-corrected chi connectivity index (χ3v) is 3.24. The molecule has 1 fully saturated rings. The Balaban J connectivity index is 2.17. The normalized spacial score (nSPS) is 17.9. The standard InChI is InChI=1S/C11H16N4O2/c1-11(6-2-3-7-11)14-9-5-4-8(15(16)17)10(12)13-9/h4-5H,2-3,6-7H2,1H3,(H3,12,13,14). The van der Waals surface area contributed by atoms with Crippen LogP contribution < -0.4 is 11.1 Å². The van der Waals surface area contributed by atoms with Gasteiger partial charge in [-0.15, -0.1) is 0 Å². The van der Waals surface area contributed by atoms with E-state index >= 15 is 0 Å². The summed E-state index contributed by atoms with van der Waals surface area (Å²) < 4.78 is 0. The lowest BCUT2D eigenvalue weighted by Gasteiger charge is -2.25. The van der Waals surface area contributed by atoms with E-state index in [1.807, 2.05) is 0 Å². The Morgan fingerprint density at radius 2 is 2.12 bits per heavy atom. The molecule has 0 unspecified atom stereocenters. The zero-order valence-corrected chi connectivity index (χ0v) is 9.77. The highest BCUT2D eigenvalue weighted by molar-refractivity contribution is 5.57. The lowest BCUT2D eigenvalue weighted by molar-refractivity contribution is -0.384. The van der Waals surface area contributed by atoms with Crippen molar-refractivity contribution in [3.05, 3.63) is 22.2 Å². The quantitative estimate of drug-likeness (QED) is 0.620. The van der Waals surface area contributed by atoms with Crippen molar-refractivity contribution in [1.29, 1.82) is 0 Å². The molecule has 6 heteroatoms. The zero-order valence-electron chi connectivity index (χ0n) is 9.77. The van der Waals surface area contributed by atoms with Crippen LogP contribution in [0.3, 0.4) is 0 Å². The number of anilines is 2. The molecule has 1 aromatic rings. The van der Waals surface area contributed by atoms with Gasteiger partial charge in [-0.1, -0.05) is 12.8 Å². The Kier molecular flexibility index (Phi) is 2.87. The molecule has 0 aliphatic heterocycles. The van der Waals surface area contributed by atoms with Gasteiger partial charge in [0.1, 0.15) is 5.82 Å². The molecule has 0 aromatic carbocycles. The molecule has 1 aliphatic rings. The first kappa shape index (κ1) is 11.6. The number of nitrogens with zero attached hydrogens (tertiary/aromatic N) is 2. The van der Waals surface area contributed by atoms with E-state index in [-0.39, 0.29) is 17.0 Å². The number of nitrogen functional groups attached to an aromatic ring is 1. The second-order valence-corrected chi connectivity index (χ2v) is 4.75. The van der Waals surface area contributed by atoms with Crippen molar-refractivity contribution < 1.29 is 4.92 Å². The van der Waals surface area contributed by atoms with E-state index in [1.54, 1.807) is 6.07 Å². The smallest absolute Gasteiger partial charge is 0.311 e. The molecular formula is C11H16N4O2. The van der Waals surface area contributed by atoms with Crippen LogP contribution in [0.1, 0.15) is 32.6 Å². The van der Waals surface area contributed by atoms with Gasteiger partial charge in [0.2, 0.25) is 5.82 Å². The number of aromatic nitrogens is 1. The van der Waals surface area contributed by atoms with Gasteiger partial charge in [-0.05, 0) is 25.8 Å². The molecule has 1 saturated carbocycles. The lowest BCUT2D eigenvalue weighted by Crippen LogP contribution is -2.31. The van der Waals surface area contributed by atoms with E-state index in [0.717, 1.165) is 12.8 Å². The minimum atomic E-state index is -0.524. The Bertz CT molecular complexity index is 441. The molecule has 2 rings (SSSR count). The Morgan fingerprint density at radius 1 is 1.47 bits per heavy atom. The third-order valence-electron chi connectivity index (χ3n) is 3.24. The van der Waals surface area contributed by atoms with Crippen molar-refractivity contribution in [2.45, 2.75) is 38.1 Å². The van der Waals surface area contributed by atoms with Gasteiger partial charge in [0.15, 0.2) is 0 Å². The van der Waals surface area contributed by atoms with Crippen LogP contribution in [-0.2, 0) is 0 Å². The van der Waals surface area contributed by atoms with Crippen molar-refractivity contribution in [1.82, 2.24) is 4.98 Å². The van der Waals surface area contributed by atoms with Gasteiger partial charge in [0.05, 0.1) is 4.92 Å². The van der Waals surface area contributed by atoms with Gasteiger partial charge in [0.25, 0.3) is 0 Å². The van der Waals surface area contributed by atoms with Gasteiger partial charge in [-0.3, -0.25) is 10.1 Å². The predicted octanol–water partition coefficient (Wildman–Crippen LogP) is 2.32. The van der Waals surface area contributed by atoms with Crippen LogP contribution in [0, 0.1) is 10.1 Å².